The molecule has 3 rings (SSSR count). The van der Waals surface area contributed by atoms with Gasteiger partial charge in [0.25, 0.3) is 0 Å². The zero-order valence-electron chi connectivity index (χ0n) is 10.1. The summed E-state index contributed by atoms with van der Waals surface area (Å²) in [5.74, 6) is -0.198. The number of benzene rings is 1. The Bertz CT molecular complexity index is 529. The van der Waals surface area contributed by atoms with Gasteiger partial charge in [-0.2, -0.15) is 5.10 Å². The van der Waals surface area contributed by atoms with Gasteiger partial charge in [0.05, 0.1) is 11.9 Å². The zero-order chi connectivity index (χ0) is 12.4. The third kappa shape index (κ3) is 2.04. The standard InChI is InChI=1S/C14H16FN3/c15-12-6-2-1-5-10(12)11-9-17-18-14(11)13-7-3-4-8-16-13/h1-2,5-6,9,13,16H,3-4,7-8H2,(H,17,18). The minimum atomic E-state index is -0.198. The fourth-order valence-electron chi connectivity index (χ4n) is 2.55. The van der Waals surface area contributed by atoms with Crippen LogP contribution >= 0.6 is 0 Å². The molecule has 3 nitrogen and oxygen atoms in total. The molecule has 1 unspecified atom stereocenters. The highest BCUT2D eigenvalue weighted by Crippen LogP contribution is 2.31. The van der Waals surface area contributed by atoms with Gasteiger partial charge >= 0.3 is 0 Å². The van der Waals surface area contributed by atoms with Gasteiger partial charge in [-0.25, -0.2) is 4.39 Å². The normalized spacial score (nSPS) is 19.9. The Hall–Kier alpha value is -1.68. The molecule has 1 aromatic carbocycles. The van der Waals surface area contributed by atoms with Crippen molar-refractivity contribution in [2.75, 3.05) is 6.54 Å². The predicted octanol–water partition coefficient (Wildman–Crippen LogP) is 3.03. The smallest absolute Gasteiger partial charge is 0.131 e. The van der Waals surface area contributed by atoms with Crippen LogP contribution in [0.1, 0.15) is 31.0 Å². The summed E-state index contributed by atoms with van der Waals surface area (Å²) in [7, 11) is 0. The number of aromatic amines is 1. The highest BCUT2D eigenvalue weighted by Gasteiger charge is 2.21. The van der Waals surface area contributed by atoms with Gasteiger partial charge in [0.2, 0.25) is 0 Å². The van der Waals surface area contributed by atoms with Gasteiger partial charge in [-0.1, -0.05) is 24.6 Å². The van der Waals surface area contributed by atoms with Crippen LogP contribution in [0, 0.1) is 5.82 Å². The van der Waals surface area contributed by atoms with Crippen molar-refractivity contribution in [2.45, 2.75) is 25.3 Å². The van der Waals surface area contributed by atoms with E-state index in [-0.39, 0.29) is 11.9 Å². The first-order chi connectivity index (χ1) is 8.86. The quantitative estimate of drug-likeness (QED) is 0.853. The first-order valence-electron chi connectivity index (χ1n) is 6.38. The zero-order valence-corrected chi connectivity index (χ0v) is 10.1. The molecule has 18 heavy (non-hydrogen) atoms. The molecule has 0 bridgehead atoms. The second-order valence-electron chi connectivity index (χ2n) is 4.68. The SMILES string of the molecule is Fc1ccccc1-c1cn[nH]c1C1CCCCN1. The molecule has 4 heteroatoms. The summed E-state index contributed by atoms with van der Waals surface area (Å²) in [6, 6.07) is 7.10. The molecular formula is C14H16FN3. The van der Waals surface area contributed by atoms with Crippen LogP contribution in [0.3, 0.4) is 0 Å². The van der Waals surface area contributed by atoms with Gasteiger partial charge in [-0.3, -0.25) is 5.10 Å². The van der Waals surface area contributed by atoms with Crippen molar-refractivity contribution >= 4 is 0 Å². The molecule has 0 aliphatic carbocycles. The molecule has 2 aromatic rings. The van der Waals surface area contributed by atoms with Crippen molar-refractivity contribution in [3.05, 3.63) is 42.0 Å². The van der Waals surface area contributed by atoms with Crippen LogP contribution in [0.25, 0.3) is 11.1 Å². The van der Waals surface area contributed by atoms with E-state index in [9.17, 15) is 4.39 Å². The second kappa shape index (κ2) is 4.90. The van der Waals surface area contributed by atoms with Crippen molar-refractivity contribution < 1.29 is 4.39 Å². The Morgan fingerprint density at radius 2 is 2.06 bits per heavy atom. The largest absolute Gasteiger partial charge is 0.309 e. The van der Waals surface area contributed by atoms with Crippen molar-refractivity contribution in [1.29, 1.82) is 0 Å². The monoisotopic (exact) mass is 245 g/mol. The summed E-state index contributed by atoms with van der Waals surface area (Å²) in [5, 5.41) is 10.6. The molecule has 1 aliphatic heterocycles. The lowest BCUT2D eigenvalue weighted by Crippen LogP contribution is -2.27. The number of hydrogen-bond donors (Lipinski definition) is 2. The Morgan fingerprint density at radius 1 is 1.17 bits per heavy atom. The molecule has 1 atom stereocenters. The first kappa shape index (κ1) is 11.4. The first-order valence-corrected chi connectivity index (χ1v) is 6.38. The molecule has 1 aliphatic rings. The minimum Gasteiger partial charge on any atom is -0.309 e. The van der Waals surface area contributed by atoms with Gasteiger partial charge in [0.1, 0.15) is 5.82 Å². The number of nitrogens with one attached hydrogen (secondary N) is 2. The van der Waals surface area contributed by atoms with Crippen LogP contribution < -0.4 is 5.32 Å². The maximum atomic E-state index is 13.8. The average molecular weight is 245 g/mol. The van der Waals surface area contributed by atoms with Gasteiger partial charge in [-0.15, -0.1) is 0 Å². The molecular weight excluding hydrogens is 229 g/mol. The number of hydrogen-bond acceptors (Lipinski definition) is 2. The van der Waals surface area contributed by atoms with E-state index in [0.717, 1.165) is 24.2 Å². The molecule has 2 N–H and O–H groups in total. The van der Waals surface area contributed by atoms with E-state index >= 15 is 0 Å². The molecule has 0 radical (unpaired) electrons. The predicted molar refractivity (Wildman–Crippen MR) is 68.6 cm³/mol. The molecule has 0 spiro atoms. The number of rotatable bonds is 2. The number of halogens is 1. The highest BCUT2D eigenvalue weighted by molar-refractivity contribution is 5.66. The topological polar surface area (TPSA) is 40.7 Å². The van der Waals surface area contributed by atoms with Crippen LogP contribution in [0.4, 0.5) is 4.39 Å². The fourth-order valence-corrected chi connectivity index (χ4v) is 2.55. The summed E-state index contributed by atoms with van der Waals surface area (Å²) in [5.41, 5.74) is 2.49. The van der Waals surface area contributed by atoms with Crippen molar-refractivity contribution in [1.82, 2.24) is 15.5 Å². The number of aromatic nitrogens is 2. The summed E-state index contributed by atoms with van der Waals surface area (Å²) in [6.45, 7) is 1.01. The third-order valence-electron chi connectivity index (χ3n) is 3.49. The Balaban J connectivity index is 1.98. The van der Waals surface area contributed by atoms with Crippen molar-refractivity contribution in [3.63, 3.8) is 0 Å². The van der Waals surface area contributed by atoms with E-state index in [0.29, 0.717) is 5.56 Å². The summed E-state index contributed by atoms with van der Waals surface area (Å²) in [6.07, 6.45) is 5.20. The maximum Gasteiger partial charge on any atom is 0.131 e. The van der Waals surface area contributed by atoms with E-state index in [1.807, 2.05) is 6.07 Å². The third-order valence-corrected chi connectivity index (χ3v) is 3.49. The number of piperidine rings is 1. The molecule has 1 saturated heterocycles. The van der Waals surface area contributed by atoms with E-state index < -0.39 is 0 Å². The van der Waals surface area contributed by atoms with Crippen LogP contribution in [-0.4, -0.2) is 16.7 Å². The Labute approximate surface area is 105 Å². The lowest BCUT2D eigenvalue weighted by atomic mass is 9.96. The van der Waals surface area contributed by atoms with Gasteiger partial charge < -0.3 is 5.32 Å². The molecule has 1 fully saturated rings. The van der Waals surface area contributed by atoms with Crippen LogP contribution in [-0.2, 0) is 0 Å². The van der Waals surface area contributed by atoms with E-state index in [1.165, 1.54) is 18.9 Å². The highest BCUT2D eigenvalue weighted by atomic mass is 19.1. The van der Waals surface area contributed by atoms with Gasteiger partial charge in [0.15, 0.2) is 0 Å². The van der Waals surface area contributed by atoms with Crippen molar-refractivity contribution in [2.24, 2.45) is 0 Å². The lowest BCUT2D eigenvalue weighted by Gasteiger charge is -2.23. The van der Waals surface area contributed by atoms with Crippen molar-refractivity contribution in [3.8, 4) is 11.1 Å². The van der Waals surface area contributed by atoms with Crippen LogP contribution in [0.2, 0.25) is 0 Å². The molecule has 0 amide bonds. The lowest BCUT2D eigenvalue weighted by molar-refractivity contribution is 0.405. The average Bonchev–Trinajstić information content (AvgIpc) is 2.89. The van der Waals surface area contributed by atoms with E-state index in [1.54, 1.807) is 18.3 Å². The van der Waals surface area contributed by atoms with Crippen LogP contribution in [0.15, 0.2) is 30.5 Å². The molecule has 2 heterocycles. The minimum absolute atomic E-state index is 0.198. The van der Waals surface area contributed by atoms with Crippen LogP contribution in [0.5, 0.6) is 0 Å². The van der Waals surface area contributed by atoms with Gasteiger partial charge in [-0.05, 0) is 25.5 Å². The fraction of sp³-hybridized carbons (Fsp3) is 0.357. The Kier molecular flexibility index (Phi) is 3.11. The second-order valence-corrected chi connectivity index (χ2v) is 4.68. The maximum absolute atomic E-state index is 13.8. The van der Waals surface area contributed by atoms with Gasteiger partial charge in [0, 0.05) is 17.2 Å². The number of nitrogens with zero attached hydrogens (tertiary/aromatic N) is 1. The van der Waals surface area contributed by atoms with E-state index in [2.05, 4.69) is 15.5 Å². The molecule has 94 valence electrons. The molecule has 1 aromatic heterocycles. The summed E-state index contributed by atoms with van der Waals surface area (Å²) >= 11 is 0. The summed E-state index contributed by atoms with van der Waals surface area (Å²) in [4.78, 5) is 0. The molecule has 0 saturated carbocycles. The number of H-pyrrole nitrogens is 1. The van der Waals surface area contributed by atoms with E-state index in [4.69, 9.17) is 0 Å². The summed E-state index contributed by atoms with van der Waals surface area (Å²) < 4.78 is 13.8. The Morgan fingerprint density at radius 3 is 2.83 bits per heavy atom.